The van der Waals surface area contributed by atoms with E-state index in [0.717, 1.165) is 4.47 Å². The molecule has 0 aromatic heterocycles. The summed E-state index contributed by atoms with van der Waals surface area (Å²) in [5.74, 6) is -2.12. The zero-order valence-corrected chi connectivity index (χ0v) is 12.4. The normalized spacial score (nSPS) is 11.5. The van der Waals surface area contributed by atoms with Crippen LogP contribution in [0.2, 0.25) is 0 Å². The van der Waals surface area contributed by atoms with Crippen LogP contribution in [0.3, 0.4) is 0 Å². The van der Waals surface area contributed by atoms with E-state index in [2.05, 4.69) is 26.8 Å². The van der Waals surface area contributed by atoms with Crippen molar-refractivity contribution in [2.45, 2.75) is 19.8 Å². The Morgan fingerprint density at radius 1 is 1.25 bits per heavy atom. The second-order valence-corrected chi connectivity index (χ2v) is 5.34. The third-order valence-corrected chi connectivity index (χ3v) is 2.95. The summed E-state index contributed by atoms with van der Waals surface area (Å²) >= 11 is 3.24. The lowest BCUT2D eigenvalue weighted by atomic mass is 10.0. The van der Waals surface area contributed by atoms with Crippen LogP contribution >= 0.6 is 15.9 Å². The van der Waals surface area contributed by atoms with E-state index < -0.39 is 17.8 Å². The molecule has 0 saturated heterocycles. The topological polar surface area (TPSA) is 95.5 Å². The van der Waals surface area contributed by atoms with Crippen LogP contribution in [-0.4, -0.2) is 22.9 Å². The molecule has 2 amide bonds. The Bertz CT molecular complexity index is 519. The highest BCUT2D eigenvalue weighted by Gasteiger charge is 2.13. The highest BCUT2D eigenvalue weighted by atomic mass is 79.9. The molecule has 20 heavy (non-hydrogen) atoms. The quantitative estimate of drug-likeness (QED) is 0.710. The van der Waals surface area contributed by atoms with E-state index in [0.29, 0.717) is 5.56 Å². The van der Waals surface area contributed by atoms with Crippen LogP contribution < -0.4 is 10.9 Å². The van der Waals surface area contributed by atoms with E-state index in [-0.39, 0.29) is 18.8 Å². The molecule has 0 radical (unpaired) electrons. The number of rotatable bonds is 5. The summed E-state index contributed by atoms with van der Waals surface area (Å²) in [5.41, 5.74) is 4.94. The van der Waals surface area contributed by atoms with E-state index in [9.17, 15) is 14.4 Å². The summed E-state index contributed by atoms with van der Waals surface area (Å²) in [6, 6.07) is 6.71. The van der Waals surface area contributed by atoms with E-state index in [1.165, 1.54) is 0 Å². The van der Waals surface area contributed by atoms with Crippen molar-refractivity contribution in [3.8, 4) is 0 Å². The fourth-order valence-electron chi connectivity index (χ4n) is 1.57. The smallest absolute Gasteiger partial charge is 0.303 e. The summed E-state index contributed by atoms with van der Waals surface area (Å²) in [4.78, 5) is 33.7. The monoisotopic (exact) mass is 342 g/mol. The van der Waals surface area contributed by atoms with Crippen LogP contribution in [0.1, 0.15) is 30.1 Å². The van der Waals surface area contributed by atoms with Gasteiger partial charge in [-0.1, -0.05) is 28.9 Å². The first-order valence-electron chi connectivity index (χ1n) is 5.95. The van der Waals surface area contributed by atoms with Crippen molar-refractivity contribution >= 4 is 33.7 Å². The van der Waals surface area contributed by atoms with Gasteiger partial charge in [-0.25, -0.2) is 0 Å². The highest BCUT2D eigenvalue weighted by Crippen LogP contribution is 2.11. The van der Waals surface area contributed by atoms with Gasteiger partial charge >= 0.3 is 5.97 Å². The first-order valence-corrected chi connectivity index (χ1v) is 6.74. The van der Waals surface area contributed by atoms with Crippen LogP contribution in [-0.2, 0) is 9.59 Å². The van der Waals surface area contributed by atoms with Crippen LogP contribution in [0.25, 0.3) is 0 Å². The lowest BCUT2D eigenvalue weighted by Crippen LogP contribution is -2.42. The van der Waals surface area contributed by atoms with Gasteiger partial charge in [0, 0.05) is 22.9 Å². The van der Waals surface area contributed by atoms with E-state index in [4.69, 9.17) is 5.11 Å². The van der Waals surface area contributed by atoms with Crippen molar-refractivity contribution in [2.75, 3.05) is 0 Å². The summed E-state index contributed by atoms with van der Waals surface area (Å²) in [6.07, 6.45) is -0.0575. The maximum Gasteiger partial charge on any atom is 0.303 e. The molecule has 6 nitrogen and oxygen atoms in total. The molecule has 108 valence electrons. The van der Waals surface area contributed by atoms with Gasteiger partial charge in [-0.3, -0.25) is 25.2 Å². The second-order valence-electron chi connectivity index (χ2n) is 4.42. The molecule has 0 unspecified atom stereocenters. The minimum atomic E-state index is -0.955. The molecular weight excluding hydrogens is 328 g/mol. The molecule has 3 N–H and O–H groups in total. The second kappa shape index (κ2) is 7.64. The predicted molar refractivity (Wildman–Crippen MR) is 75.8 cm³/mol. The van der Waals surface area contributed by atoms with E-state index >= 15 is 0 Å². The molecule has 0 aliphatic heterocycles. The number of hydrogen-bond donors (Lipinski definition) is 3. The van der Waals surface area contributed by atoms with Crippen LogP contribution in [0.15, 0.2) is 28.7 Å². The maximum absolute atomic E-state index is 11.7. The maximum atomic E-state index is 11.7. The molecule has 0 bridgehead atoms. The van der Waals surface area contributed by atoms with Gasteiger partial charge in [-0.15, -0.1) is 0 Å². The van der Waals surface area contributed by atoms with Crippen molar-refractivity contribution < 1.29 is 19.5 Å². The standard InChI is InChI=1S/C13H15BrN2O4/c1-8(6-12(18)19)5-11(17)15-16-13(20)9-3-2-4-10(14)7-9/h2-4,7-8H,5-6H2,1H3,(H,15,17)(H,16,20)(H,18,19)/t8-/m1/s1. The lowest BCUT2D eigenvalue weighted by Gasteiger charge is -2.10. The fraction of sp³-hybridized carbons (Fsp3) is 0.308. The van der Waals surface area contributed by atoms with E-state index in [1.807, 2.05) is 0 Å². The minimum absolute atomic E-state index is 0.0328. The summed E-state index contributed by atoms with van der Waals surface area (Å²) < 4.78 is 0.756. The van der Waals surface area contributed by atoms with Gasteiger partial charge in [0.1, 0.15) is 0 Å². The molecule has 1 aromatic rings. The summed E-state index contributed by atoms with van der Waals surface area (Å²) in [5, 5.41) is 8.58. The molecule has 0 aliphatic rings. The number of carbonyl (C=O) groups is 3. The van der Waals surface area contributed by atoms with E-state index in [1.54, 1.807) is 31.2 Å². The van der Waals surface area contributed by atoms with Gasteiger partial charge in [0.2, 0.25) is 5.91 Å². The Balaban J connectivity index is 2.41. The van der Waals surface area contributed by atoms with Crippen LogP contribution in [0.5, 0.6) is 0 Å². The molecule has 1 atom stereocenters. The fourth-order valence-corrected chi connectivity index (χ4v) is 1.97. The summed E-state index contributed by atoms with van der Waals surface area (Å²) in [6.45, 7) is 1.66. The van der Waals surface area contributed by atoms with Crippen molar-refractivity contribution in [3.63, 3.8) is 0 Å². The molecule has 0 heterocycles. The first-order chi connectivity index (χ1) is 9.38. The molecular formula is C13H15BrN2O4. The van der Waals surface area contributed by atoms with Gasteiger partial charge in [0.05, 0.1) is 0 Å². The van der Waals surface area contributed by atoms with Gasteiger partial charge < -0.3 is 5.11 Å². The predicted octanol–water partition coefficient (Wildman–Crippen LogP) is 1.71. The van der Waals surface area contributed by atoms with Crippen molar-refractivity contribution in [1.29, 1.82) is 0 Å². The Kier molecular flexibility index (Phi) is 6.17. The lowest BCUT2D eigenvalue weighted by molar-refractivity contribution is -0.138. The minimum Gasteiger partial charge on any atom is -0.481 e. The Labute approximate surface area is 124 Å². The number of carboxylic acids is 1. The number of benzene rings is 1. The molecule has 1 rings (SSSR count). The van der Waals surface area contributed by atoms with Crippen molar-refractivity contribution in [3.05, 3.63) is 34.3 Å². The average Bonchev–Trinajstić information content (AvgIpc) is 2.34. The Morgan fingerprint density at radius 3 is 2.55 bits per heavy atom. The third kappa shape index (κ3) is 5.83. The molecule has 0 saturated carbocycles. The Morgan fingerprint density at radius 2 is 1.95 bits per heavy atom. The summed E-state index contributed by atoms with van der Waals surface area (Å²) in [7, 11) is 0. The number of carbonyl (C=O) groups excluding carboxylic acids is 2. The van der Waals surface area contributed by atoms with Gasteiger partial charge in [-0.05, 0) is 24.1 Å². The number of carboxylic acid groups (broad SMARTS) is 1. The largest absolute Gasteiger partial charge is 0.481 e. The van der Waals surface area contributed by atoms with Crippen LogP contribution in [0.4, 0.5) is 0 Å². The van der Waals surface area contributed by atoms with Crippen molar-refractivity contribution in [1.82, 2.24) is 10.9 Å². The van der Waals surface area contributed by atoms with Gasteiger partial charge in [0.25, 0.3) is 5.91 Å². The molecule has 0 fully saturated rings. The average molecular weight is 343 g/mol. The zero-order chi connectivity index (χ0) is 15.1. The van der Waals surface area contributed by atoms with Crippen molar-refractivity contribution in [2.24, 2.45) is 5.92 Å². The van der Waals surface area contributed by atoms with Gasteiger partial charge in [0.15, 0.2) is 0 Å². The van der Waals surface area contributed by atoms with Crippen LogP contribution in [0, 0.1) is 5.92 Å². The molecule has 0 aliphatic carbocycles. The first kappa shape index (κ1) is 16.2. The highest BCUT2D eigenvalue weighted by molar-refractivity contribution is 9.10. The number of nitrogens with one attached hydrogen (secondary N) is 2. The number of aliphatic carboxylic acids is 1. The SMILES string of the molecule is C[C@@H](CC(=O)O)CC(=O)NNC(=O)c1cccc(Br)c1. The molecule has 1 aromatic carbocycles. The number of amides is 2. The number of halogens is 1. The third-order valence-electron chi connectivity index (χ3n) is 2.46. The zero-order valence-electron chi connectivity index (χ0n) is 10.9. The number of hydrogen-bond acceptors (Lipinski definition) is 3. The molecule has 7 heteroatoms. The van der Waals surface area contributed by atoms with Gasteiger partial charge in [-0.2, -0.15) is 0 Å². The number of hydrazine groups is 1. The Hall–Kier alpha value is -1.89. The molecule has 0 spiro atoms.